The fourth-order valence-corrected chi connectivity index (χ4v) is 1.61. The van der Waals surface area contributed by atoms with Gasteiger partial charge in [-0.15, -0.1) is 0 Å². The average molecular weight is 249 g/mol. The minimum atomic E-state index is -0.996. The van der Waals surface area contributed by atoms with Crippen molar-refractivity contribution in [1.29, 1.82) is 0 Å². The summed E-state index contributed by atoms with van der Waals surface area (Å²) >= 11 is 0. The molecule has 0 bridgehead atoms. The molecule has 18 heavy (non-hydrogen) atoms. The van der Waals surface area contributed by atoms with Gasteiger partial charge in [0.25, 0.3) is 5.91 Å². The molecular formula is C14H19NO3. The van der Waals surface area contributed by atoms with Gasteiger partial charge in [0.05, 0.1) is 0 Å². The van der Waals surface area contributed by atoms with E-state index in [1.165, 1.54) is 0 Å². The fraction of sp³-hybridized carbons (Fsp3) is 0.429. The Morgan fingerprint density at radius 1 is 1.28 bits per heavy atom. The highest BCUT2D eigenvalue weighted by molar-refractivity contribution is 5.96. The van der Waals surface area contributed by atoms with Gasteiger partial charge in [-0.25, -0.2) is 4.79 Å². The van der Waals surface area contributed by atoms with Gasteiger partial charge < -0.3 is 10.4 Å². The molecule has 1 rings (SSSR count). The van der Waals surface area contributed by atoms with E-state index in [0.717, 1.165) is 5.56 Å². The first-order valence-corrected chi connectivity index (χ1v) is 6.06. The third-order valence-electron chi connectivity index (χ3n) is 3.08. The van der Waals surface area contributed by atoms with E-state index in [-0.39, 0.29) is 11.8 Å². The van der Waals surface area contributed by atoms with Crippen LogP contribution in [-0.2, 0) is 4.79 Å². The minimum Gasteiger partial charge on any atom is -0.480 e. The van der Waals surface area contributed by atoms with Crippen LogP contribution < -0.4 is 5.32 Å². The molecule has 98 valence electrons. The molecule has 0 saturated carbocycles. The monoisotopic (exact) mass is 249 g/mol. The van der Waals surface area contributed by atoms with Gasteiger partial charge in [-0.3, -0.25) is 4.79 Å². The zero-order chi connectivity index (χ0) is 13.7. The molecule has 1 amide bonds. The highest BCUT2D eigenvalue weighted by Crippen LogP contribution is 2.10. The summed E-state index contributed by atoms with van der Waals surface area (Å²) in [6.07, 6.45) is 0.700. The zero-order valence-corrected chi connectivity index (χ0v) is 10.9. The number of amides is 1. The molecule has 0 aliphatic heterocycles. The van der Waals surface area contributed by atoms with Crippen molar-refractivity contribution in [3.63, 3.8) is 0 Å². The molecule has 0 heterocycles. The summed E-state index contributed by atoms with van der Waals surface area (Å²) in [5.74, 6) is -1.44. The Labute approximate surface area is 107 Å². The summed E-state index contributed by atoms with van der Waals surface area (Å²) in [6, 6.07) is 6.20. The predicted octanol–water partition coefficient (Wildman–Crippen LogP) is 2.22. The van der Waals surface area contributed by atoms with Gasteiger partial charge in [-0.05, 0) is 25.0 Å². The van der Waals surface area contributed by atoms with Crippen molar-refractivity contribution in [1.82, 2.24) is 5.32 Å². The third-order valence-corrected chi connectivity index (χ3v) is 3.08. The Kier molecular flexibility index (Phi) is 4.89. The topological polar surface area (TPSA) is 66.4 Å². The van der Waals surface area contributed by atoms with E-state index in [1.807, 2.05) is 32.9 Å². The third kappa shape index (κ3) is 3.58. The molecule has 0 unspecified atom stereocenters. The number of hydrogen-bond acceptors (Lipinski definition) is 2. The van der Waals surface area contributed by atoms with Crippen LogP contribution in [0.4, 0.5) is 0 Å². The largest absolute Gasteiger partial charge is 0.480 e. The lowest BCUT2D eigenvalue weighted by molar-refractivity contribution is -0.140. The predicted molar refractivity (Wildman–Crippen MR) is 69.5 cm³/mol. The first-order chi connectivity index (χ1) is 8.45. The van der Waals surface area contributed by atoms with Crippen LogP contribution in [0.3, 0.4) is 0 Å². The number of carbonyl (C=O) groups excluding carboxylic acids is 1. The molecule has 0 aliphatic carbocycles. The van der Waals surface area contributed by atoms with Gasteiger partial charge >= 0.3 is 5.97 Å². The average Bonchev–Trinajstić information content (AvgIpc) is 2.35. The lowest BCUT2D eigenvalue weighted by atomic mass is 9.99. The molecule has 4 heteroatoms. The van der Waals surface area contributed by atoms with E-state index in [1.54, 1.807) is 12.1 Å². The lowest BCUT2D eigenvalue weighted by Gasteiger charge is -2.20. The van der Waals surface area contributed by atoms with Gasteiger partial charge in [0.15, 0.2) is 0 Å². The maximum atomic E-state index is 11.9. The second kappa shape index (κ2) is 6.19. The summed E-state index contributed by atoms with van der Waals surface area (Å²) in [5.41, 5.74) is 1.54. The molecule has 0 radical (unpaired) electrons. The van der Waals surface area contributed by atoms with E-state index < -0.39 is 12.0 Å². The molecule has 0 aromatic heterocycles. The number of carbonyl (C=O) groups is 2. The molecule has 0 spiro atoms. The summed E-state index contributed by atoms with van der Waals surface area (Å²) in [6.45, 7) is 5.65. The zero-order valence-electron chi connectivity index (χ0n) is 10.9. The highest BCUT2D eigenvalue weighted by atomic mass is 16.4. The fourth-order valence-electron chi connectivity index (χ4n) is 1.61. The van der Waals surface area contributed by atoms with Gasteiger partial charge in [0.1, 0.15) is 6.04 Å². The number of benzene rings is 1. The van der Waals surface area contributed by atoms with Crippen LogP contribution in [0.2, 0.25) is 0 Å². The van der Waals surface area contributed by atoms with E-state index in [4.69, 9.17) is 5.11 Å². The summed E-state index contributed by atoms with van der Waals surface area (Å²) in [4.78, 5) is 23.0. The Balaban J connectivity index is 2.78. The van der Waals surface area contributed by atoms with Crippen LogP contribution in [0.25, 0.3) is 0 Å². The van der Waals surface area contributed by atoms with Crippen LogP contribution >= 0.6 is 0 Å². The maximum Gasteiger partial charge on any atom is 0.326 e. The highest BCUT2D eigenvalue weighted by Gasteiger charge is 2.25. The van der Waals surface area contributed by atoms with Crippen LogP contribution in [0, 0.1) is 12.8 Å². The standard InChI is InChI=1S/C14H19NO3/c1-4-10(3)12(14(17)18)15-13(16)11-7-5-9(2)6-8-11/h5-8,10,12H,4H2,1-3H3,(H,15,16)(H,17,18)/t10-,12-/m0/s1. The first kappa shape index (κ1) is 14.2. The molecule has 2 N–H and O–H groups in total. The molecule has 0 saturated heterocycles. The molecule has 1 aromatic rings. The Morgan fingerprint density at radius 2 is 1.83 bits per heavy atom. The summed E-state index contributed by atoms with van der Waals surface area (Å²) in [7, 11) is 0. The smallest absolute Gasteiger partial charge is 0.326 e. The van der Waals surface area contributed by atoms with Crippen molar-refractivity contribution in [2.24, 2.45) is 5.92 Å². The molecule has 2 atom stereocenters. The number of aliphatic carboxylic acids is 1. The van der Waals surface area contributed by atoms with E-state index in [2.05, 4.69) is 5.32 Å². The molecular weight excluding hydrogens is 230 g/mol. The van der Waals surface area contributed by atoms with Crippen LogP contribution in [0.15, 0.2) is 24.3 Å². The summed E-state index contributed by atoms with van der Waals surface area (Å²) < 4.78 is 0. The lowest BCUT2D eigenvalue weighted by Crippen LogP contribution is -2.45. The quantitative estimate of drug-likeness (QED) is 0.841. The Hall–Kier alpha value is -1.84. The molecule has 1 aromatic carbocycles. The van der Waals surface area contributed by atoms with Crippen molar-refractivity contribution in [2.75, 3.05) is 0 Å². The van der Waals surface area contributed by atoms with E-state index >= 15 is 0 Å². The first-order valence-electron chi connectivity index (χ1n) is 6.06. The Morgan fingerprint density at radius 3 is 2.28 bits per heavy atom. The number of aryl methyl sites for hydroxylation is 1. The van der Waals surface area contributed by atoms with Crippen LogP contribution in [0.1, 0.15) is 36.2 Å². The molecule has 0 fully saturated rings. The molecule has 4 nitrogen and oxygen atoms in total. The van der Waals surface area contributed by atoms with E-state index in [0.29, 0.717) is 12.0 Å². The number of nitrogens with one attached hydrogen (secondary N) is 1. The SMILES string of the molecule is CC[C@H](C)[C@H](NC(=O)c1ccc(C)cc1)C(=O)O. The van der Waals surface area contributed by atoms with Crippen LogP contribution in [0.5, 0.6) is 0 Å². The van der Waals surface area contributed by atoms with Gasteiger partial charge in [-0.2, -0.15) is 0 Å². The number of rotatable bonds is 5. The minimum absolute atomic E-state index is 0.100. The Bertz CT molecular complexity index is 425. The number of carboxylic acids is 1. The normalized spacial score (nSPS) is 13.7. The van der Waals surface area contributed by atoms with Crippen molar-refractivity contribution in [3.8, 4) is 0 Å². The van der Waals surface area contributed by atoms with Crippen molar-refractivity contribution in [2.45, 2.75) is 33.2 Å². The second-order valence-electron chi connectivity index (χ2n) is 4.54. The van der Waals surface area contributed by atoms with Crippen molar-refractivity contribution < 1.29 is 14.7 Å². The number of hydrogen-bond donors (Lipinski definition) is 2. The van der Waals surface area contributed by atoms with Crippen LogP contribution in [-0.4, -0.2) is 23.0 Å². The molecule has 0 aliphatic rings. The van der Waals surface area contributed by atoms with Gasteiger partial charge in [0, 0.05) is 5.56 Å². The number of carboxylic acid groups (broad SMARTS) is 1. The maximum absolute atomic E-state index is 11.9. The van der Waals surface area contributed by atoms with Gasteiger partial charge in [0.2, 0.25) is 0 Å². The van der Waals surface area contributed by atoms with Crippen molar-refractivity contribution >= 4 is 11.9 Å². The second-order valence-corrected chi connectivity index (χ2v) is 4.54. The summed E-state index contributed by atoms with van der Waals surface area (Å²) in [5, 5.41) is 11.7. The van der Waals surface area contributed by atoms with E-state index in [9.17, 15) is 9.59 Å². The van der Waals surface area contributed by atoms with Gasteiger partial charge in [-0.1, -0.05) is 38.0 Å². The van der Waals surface area contributed by atoms with Crippen molar-refractivity contribution in [3.05, 3.63) is 35.4 Å².